The van der Waals surface area contributed by atoms with Gasteiger partial charge >= 0.3 is 5.97 Å². The molecule has 1 N–H and O–H groups in total. The van der Waals surface area contributed by atoms with Crippen LogP contribution in [-0.4, -0.2) is 51.2 Å². The standard InChI is InChI=1S/C18H17ClN4O4S2/c1-23-18(20-21-22-23)28-10-14(17(24)25)11-29(26,27)16-8-4-13(5-9-16)12-2-6-15(19)7-3-12/h2-9,14H,10-11H2,1H3,(H,24,25). The first-order valence-corrected chi connectivity index (χ1v) is 11.4. The predicted octanol–water partition coefficient (Wildman–Crippen LogP) is 2.80. The van der Waals surface area contributed by atoms with E-state index in [0.29, 0.717) is 10.2 Å². The maximum Gasteiger partial charge on any atom is 0.308 e. The van der Waals surface area contributed by atoms with Crippen molar-refractivity contribution in [1.82, 2.24) is 20.2 Å². The molecule has 152 valence electrons. The minimum atomic E-state index is -3.79. The second-order valence-electron chi connectivity index (χ2n) is 6.24. The first-order valence-electron chi connectivity index (χ1n) is 8.43. The highest BCUT2D eigenvalue weighted by atomic mass is 35.5. The van der Waals surface area contributed by atoms with Crippen molar-refractivity contribution in [3.05, 3.63) is 53.6 Å². The van der Waals surface area contributed by atoms with Crippen LogP contribution in [0.25, 0.3) is 11.1 Å². The van der Waals surface area contributed by atoms with Crippen LogP contribution in [0, 0.1) is 5.92 Å². The number of benzene rings is 2. The Hall–Kier alpha value is -2.43. The van der Waals surface area contributed by atoms with Crippen LogP contribution in [-0.2, 0) is 21.7 Å². The van der Waals surface area contributed by atoms with Gasteiger partial charge in [-0.3, -0.25) is 4.79 Å². The van der Waals surface area contributed by atoms with Gasteiger partial charge in [-0.1, -0.05) is 47.6 Å². The van der Waals surface area contributed by atoms with Crippen LogP contribution in [0.15, 0.2) is 58.6 Å². The summed E-state index contributed by atoms with van der Waals surface area (Å²) in [6, 6.07) is 13.5. The predicted molar refractivity (Wildman–Crippen MR) is 110 cm³/mol. The SMILES string of the molecule is Cn1nnnc1SCC(CS(=O)(=O)c1ccc(-c2ccc(Cl)cc2)cc1)C(=O)O. The average molecular weight is 453 g/mol. The van der Waals surface area contributed by atoms with Crippen LogP contribution in [0.2, 0.25) is 5.02 Å². The molecule has 0 fully saturated rings. The van der Waals surface area contributed by atoms with Gasteiger partial charge in [-0.25, -0.2) is 13.1 Å². The van der Waals surface area contributed by atoms with Gasteiger partial charge in [0.05, 0.1) is 16.6 Å². The molecule has 8 nitrogen and oxygen atoms in total. The summed E-state index contributed by atoms with van der Waals surface area (Å²) in [7, 11) is -2.16. The molecule has 3 aromatic rings. The van der Waals surface area contributed by atoms with Gasteiger partial charge in [0.1, 0.15) is 0 Å². The fourth-order valence-corrected chi connectivity index (χ4v) is 5.30. The molecule has 0 aliphatic heterocycles. The number of carboxylic acid groups (broad SMARTS) is 1. The number of hydrogen-bond donors (Lipinski definition) is 1. The van der Waals surface area contributed by atoms with E-state index in [9.17, 15) is 18.3 Å². The van der Waals surface area contributed by atoms with E-state index >= 15 is 0 Å². The number of aromatic nitrogens is 4. The summed E-state index contributed by atoms with van der Waals surface area (Å²) in [5, 5.41) is 21.4. The molecule has 0 saturated heterocycles. The molecule has 2 aromatic carbocycles. The molecule has 0 aliphatic carbocycles. The maximum atomic E-state index is 12.7. The fraction of sp³-hybridized carbons (Fsp3) is 0.222. The third-order valence-corrected chi connectivity index (χ3v) is 7.41. The van der Waals surface area contributed by atoms with Gasteiger partial charge in [0.25, 0.3) is 0 Å². The second kappa shape index (κ2) is 8.93. The molecule has 0 spiro atoms. The van der Waals surface area contributed by atoms with Crippen molar-refractivity contribution in [3.8, 4) is 11.1 Å². The van der Waals surface area contributed by atoms with Crippen molar-refractivity contribution in [1.29, 1.82) is 0 Å². The molecule has 0 radical (unpaired) electrons. The fourth-order valence-electron chi connectivity index (χ4n) is 2.57. The number of aliphatic carboxylic acids is 1. The Morgan fingerprint density at radius 1 is 1.14 bits per heavy atom. The van der Waals surface area contributed by atoms with Gasteiger partial charge < -0.3 is 5.11 Å². The number of tetrazole rings is 1. The minimum absolute atomic E-state index is 0.0334. The number of halogens is 1. The number of aryl methyl sites for hydroxylation is 1. The lowest BCUT2D eigenvalue weighted by Gasteiger charge is -2.12. The van der Waals surface area contributed by atoms with Gasteiger partial charge in [-0.2, -0.15) is 0 Å². The Bertz CT molecular complexity index is 1100. The lowest BCUT2D eigenvalue weighted by atomic mass is 10.1. The highest BCUT2D eigenvalue weighted by Crippen LogP contribution is 2.25. The second-order valence-corrected chi connectivity index (χ2v) is 9.70. The number of rotatable bonds is 8. The zero-order valence-corrected chi connectivity index (χ0v) is 17.7. The zero-order chi connectivity index (χ0) is 21.0. The van der Waals surface area contributed by atoms with E-state index in [0.717, 1.165) is 22.9 Å². The van der Waals surface area contributed by atoms with E-state index in [4.69, 9.17) is 11.6 Å². The Morgan fingerprint density at radius 2 is 1.72 bits per heavy atom. The van der Waals surface area contributed by atoms with E-state index < -0.39 is 27.5 Å². The van der Waals surface area contributed by atoms with E-state index in [2.05, 4.69) is 15.5 Å². The Morgan fingerprint density at radius 3 is 2.24 bits per heavy atom. The highest BCUT2D eigenvalue weighted by Gasteiger charge is 2.27. The van der Waals surface area contributed by atoms with Crippen molar-refractivity contribution >= 4 is 39.2 Å². The lowest BCUT2D eigenvalue weighted by molar-refractivity contribution is -0.140. The van der Waals surface area contributed by atoms with Crippen molar-refractivity contribution in [2.45, 2.75) is 10.1 Å². The van der Waals surface area contributed by atoms with Crippen LogP contribution in [0.5, 0.6) is 0 Å². The normalized spacial score (nSPS) is 12.6. The Balaban J connectivity index is 1.73. The number of carboxylic acids is 1. The van der Waals surface area contributed by atoms with Crippen LogP contribution < -0.4 is 0 Å². The van der Waals surface area contributed by atoms with Gasteiger partial charge in [-0.15, -0.1) is 5.10 Å². The molecule has 29 heavy (non-hydrogen) atoms. The van der Waals surface area contributed by atoms with E-state index in [1.807, 2.05) is 12.1 Å². The highest BCUT2D eigenvalue weighted by molar-refractivity contribution is 7.99. The summed E-state index contributed by atoms with van der Waals surface area (Å²) in [4.78, 5) is 11.6. The third kappa shape index (κ3) is 5.34. The van der Waals surface area contributed by atoms with Crippen LogP contribution in [0.4, 0.5) is 0 Å². The lowest BCUT2D eigenvalue weighted by Crippen LogP contribution is -2.26. The number of carbonyl (C=O) groups is 1. The van der Waals surface area contributed by atoms with Gasteiger partial charge in [0, 0.05) is 17.8 Å². The molecular weight excluding hydrogens is 436 g/mol. The Labute approximate surface area is 176 Å². The summed E-state index contributed by atoms with van der Waals surface area (Å²) >= 11 is 6.98. The number of sulfone groups is 1. The van der Waals surface area contributed by atoms with Crippen molar-refractivity contribution in [2.75, 3.05) is 11.5 Å². The molecule has 3 rings (SSSR count). The molecule has 1 heterocycles. The van der Waals surface area contributed by atoms with Crippen molar-refractivity contribution in [3.63, 3.8) is 0 Å². The molecule has 0 amide bonds. The van der Waals surface area contributed by atoms with Crippen molar-refractivity contribution < 1.29 is 18.3 Å². The summed E-state index contributed by atoms with van der Waals surface area (Å²) in [5.41, 5.74) is 1.73. The molecular formula is C18H17ClN4O4S2. The smallest absolute Gasteiger partial charge is 0.308 e. The van der Waals surface area contributed by atoms with E-state index in [1.165, 1.54) is 16.8 Å². The monoisotopic (exact) mass is 452 g/mol. The summed E-state index contributed by atoms with van der Waals surface area (Å²) in [6.45, 7) is 0. The molecule has 1 unspecified atom stereocenters. The van der Waals surface area contributed by atoms with E-state index in [1.54, 1.807) is 31.3 Å². The maximum absolute atomic E-state index is 12.7. The summed E-state index contributed by atoms with van der Waals surface area (Å²) in [5.74, 6) is -2.77. The molecule has 0 aliphatic rings. The third-order valence-electron chi connectivity index (χ3n) is 4.16. The van der Waals surface area contributed by atoms with Gasteiger partial charge in [-0.05, 0) is 45.8 Å². The van der Waals surface area contributed by atoms with Gasteiger partial charge in [0.15, 0.2) is 9.84 Å². The molecule has 11 heteroatoms. The number of nitrogens with zero attached hydrogens (tertiary/aromatic N) is 4. The molecule has 1 aromatic heterocycles. The van der Waals surface area contributed by atoms with Crippen LogP contribution >= 0.6 is 23.4 Å². The summed E-state index contributed by atoms with van der Waals surface area (Å²) in [6.07, 6.45) is 0. The first kappa shape index (κ1) is 21.3. The average Bonchev–Trinajstić information content (AvgIpc) is 3.10. The van der Waals surface area contributed by atoms with Crippen molar-refractivity contribution in [2.24, 2.45) is 13.0 Å². The Kier molecular flexibility index (Phi) is 6.56. The largest absolute Gasteiger partial charge is 0.481 e. The molecule has 0 saturated carbocycles. The van der Waals surface area contributed by atoms with Crippen LogP contribution in [0.1, 0.15) is 0 Å². The quantitative estimate of drug-likeness (QED) is 0.519. The van der Waals surface area contributed by atoms with Gasteiger partial charge in [0.2, 0.25) is 5.16 Å². The number of thioether (sulfide) groups is 1. The topological polar surface area (TPSA) is 115 Å². The minimum Gasteiger partial charge on any atom is -0.481 e. The number of hydrogen-bond acceptors (Lipinski definition) is 7. The van der Waals surface area contributed by atoms with E-state index in [-0.39, 0.29) is 10.6 Å². The first-order chi connectivity index (χ1) is 13.8. The molecule has 1 atom stereocenters. The zero-order valence-electron chi connectivity index (χ0n) is 15.3. The van der Waals surface area contributed by atoms with Crippen LogP contribution in [0.3, 0.4) is 0 Å². The molecule has 0 bridgehead atoms. The summed E-state index contributed by atoms with van der Waals surface area (Å²) < 4.78 is 26.9.